The Bertz CT molecular complexity index is 649. The molecule has 3 N–H and O–H groups in total. The molecule has 7 heteroatoms. The Balaban J connectivity index is 2.27. The number of aromatic nitrogens is 1. The van der Waals surface area contributed by atoms with Crippen molar-refractivity contribution in [2.24, 2.45) is 0 Å². The van der Waals surface area contributed by atoms with Crippen LogP contribution in [-0.2, 0) is 6.18 Å². The molecule has 0 fully saturated rings. The van der Waals surface area contributed by atoms with Gasteiger partial charge in [-0.15, -0.1) is 0 Å². The lowest BCUT2D eigenvalue weighted by molar-refractivity contribution is -0.137. The van der Waals surface area contributed by atoms with Gasteiger partial charge in [-0.3, -0.25) is 0 Å². The summed E-state index contributed by atoms with van der Waals surface area (Å²) in [4.78, 5) is 3.89. The van der Waals surface area contributed by atoms with Crippen LogP contribution >= 0.6 is 0 Å². The molecule has 0 amide bonds. The summed E-state index contributed by atoms with van der Waals surface area (Å²) in [6, 6.07) is 3.33. The highest BCUT2D eigenvalue weighted by Gasteiger charge is 2.31. The van der Waals surface area contributed by atoms with Gasteiger partial charge in [0, 0.05) is 5.56 Å². The zero-order chi connectivity index (χ0) is 15.8. The van der Waals surface area contributed by atoms with Crippen LogP contribution in [0.25, 0.3) is 0 Å². The van der Waals surface area contributed by atoms with Gasteiger partial charge in [0.25, 0.3) is 0 Å². The SMILES string of the molecule is Cc1cc(C(C)Nc2cc(C(F)(F)F)cc(N)n2)c(C)o1. The van der Waals surface area contributed by atoms with Gasteiger partial charge in [0.05, 0.1) is 11.6 Å². The maximum atomic E-state index is 12.7. The van der Waals surface area contributed by atoms with E-state index in [2.05, 4.69) is 10.3 Å². The molecule has 1 atom stereocenters. The van der Waals surface area contributed by atoms with E-state index in [0.717, 1.165) is 23.5 Å². The van der Waals surface area contributed by atoms with E-state index in [1.165, 1.54) is 0 Å². The average Bonchev–Trinajstić information content (AvgIpc) is 2.66. The van der Waals surface area contributed by atoms with Crippen molar-refractivity contribution in [2.45, 2.75) is 33.0 Å². The monoisotopic (exact) mass is 299 g/mol. The van der Waals surface area contributed by atoms with Gasteiger partial charge in [-0.05, 0) is 39.0 Å². The van der Waals surface area contributed by atoms with E-state index in [4.69, 9.17) is 10.2 Å². The maximum absolute atomic E-state index is 12.7. The summed E-state index contributed by atoms with van der Waals surface area (Å²) < 4.78 is 43.7. The number of aryl methyl sites for hydroxylation is 2. The second-order valence-corrected chi connectivity index (χ2v) is 4.90. The highest BCUT2D eigenvalue weighted by Crippen LogP contribution is 2.32. The molecule has 0 aliphatic carbocycles. The second-order valence-electron chi connectivity index (χ2n) is 4.90. The van der Waals surface area contributed by atoms with Gasteiger partial charge >= 0.3 is 6.18 Å². The van der Waals surface area contributed by atoms with Crippen molar-refractivity contribution in [2.75, 3.05) is 11.1 Å². The predicted molar refractivity (Wildman–Crippen MR) is 73.9 cm³/mol. The topological polar surface area (TPSA) is 64.1 Å². The molecular formula is C14H16F3N3O. The number of halogens is 3. The van der Waals surface area contributed by atoms with Gasteiger partial charge in [-0.25, -0.2) is 4.98 Å². The van der Waals surface area contributed by atoms with E-state index in [1.807, 2.05) is 19.9 Å². The van der Waals surface area contributed by atoms with E-state index < -0.39 is 11.7 Å². The van der Waals surface area contributed by atoms with Crippen LogP contribution in [0.4, 0.5) is 24.8 Å². The zero-order valence-corrected chi connectivity index (χ0v) is 11.9. The summed E-state index contributed by atoms with van der Waals surface area (Å²) >= 11 is 0. The lowest BCUT2D eigenvalue weighted by Gasteiger charge is -2.16. The number of rotatable bonds is 3. The lowest BCUT2D eigenvalue weighted by atomic mass is 10.1. The first-order chi connectivity index (χ1) is 9.66. The Morgan fingerprint density at radius 1 is 1.24 bits per heavy atom. The Morgan fingerprint density at radius 3 is 2.43 bits per heavy atom. The summed E-state index contributed by atoms with van der Waals surface area (Å²) in [6.45, 7) is 5.42. The van der Waals surface area contributed by atoms with E-state index >= 15 is 0 Å². The van der Waals surface area contributed by atoms with Gasteiger partial charge in [-0.2, -0.15) is 13.2 Å². The minimum atomic E-state index is -4.46. The van der Waals surface area contributed by atoms with Crippen LogP contribution in [0.15, 0.2) is 22.6 Å². The molecule has 0 aliphatic rings. The van der Waals surface area contributed by atoms with E-state index in [0.29, 0.717) is 5.76 Å². The number of pyridine rings is 1. The summed E-state index contributed by atoms with van der Waals surface area (Å²) in [6.07, 6.45) is -4.46. The minimum Gasteiger partial charge on any atom is -0.466 e. The quantitative estimate of drug-likeness (QED) is 0.897. The highest BCUT2D eigenvalue weighted by atomic mass is 19.4. The first kappa shape index (κ1) is 15.2. The van der Waals surface area contributed by atoms with Gasteiger partial charge < -0.3 is 15.5 Å². The van der Waals surface area contributed by atoms with E-state index in [-0.39, 0.29) is 17.7 Å². The van der Waals surface area contributed by atoms with Crippen LogP contribution in [0.3, 0.4) is 0 Å². The molecular weight excluding hydrogens is 283 g/mol. The number of nitrogens with zero attached hydrogens (tertiary/aromatic N) is 1. The summed E-state index contributed by atoms with van der Waals surface area (Å²) in [5.74, 6) is 1.35. The van der Waals surface area contributed by atoms with Crippen LogP contribution < -0.4 is 11.1 Å². The molecule has 0 saturated carbocycles. The zero-order valence-electron chi connectivity index (χ0n) is 11.9. The molecule has 21 heavy (non-hydrogen) atoms. The molecule has 4 nitrogen and oxygen atoms in total. The van der Waals surface area contributed by atoms with Crippen molar-refractivity contribution < 1.29 is 17.6 Å². The fraction of sp³-hybridized carbons (Fsp3) is 0.357. The van der Waals surface area contributed by atoms with Crippen LogP contribution in [-0.4, -0.2) is 4.98 Å². The van der Waals surface area contributed by atoms with Crippen molar-refractivity contribution in [3.05, 3.63) is 40.8 Å². The maximum Gasteiger partial charge on any atom is 0.416 e. The molecule has 2 rings (SSSR count). The first-order valence-corrected chi connectivity index (χ1v) is 6.35. The Hall–Kier alpha value is -2.18. The average molecular weight is 299 g/mol. The van der Waals surface area contributed by atoms with Gasteiger partial charge in [0.15, 0.2) is 0 Å². The molecule has 2 aromatic heterocycles. The molecule has 0 aromatic carbocycles. The van der Waals surface area contributed by atoms with Gasteiger partial charge in [-0.1, -0.05) is 0 Å². The smallest absolute Gasteiger partial charge is 0.416 e. The largest absolute Gasteiger partial charge is 0.466 e. The van der Waals surface area contributed by atoms with Crippen molar-refractivity contribution >= 4 is 11.6 Å². The number of alkyl halides is 3. The van der Waals surface area contributed by atoms with Crippen molar-refractivity contribution in [3.8, 4) is 0 Å². The highest BCUT2D eigenvalue weighted by molar-refractivity contribution is 5.49. The Labute approximate surface area is 120 Å². The fourth-order valence-corrected chi connectivity index (χ4v) is 2.17. The number of nitrogens with one attached hydrogen (secondary N) is 1. The normalized spacial score (nSPS) is 13.2. The molecule has 2 heterocycles. The van der Waals surface area contributed by atoms with Gasteiger partial charge in [0.1, 0.15) is 23.2 Å². The van der Waals surface area contributed by atoms with Crippen molar-refractivity contribution in [3.63, 3.8) is 0 Å². The molecule has 1 unspecified atom stereocenters. The Kier molecular flexibility index (Phi) is 3.85. The van der Waals surface area contributed by atoms with Crippen LogP contribution in [0, 0.1) is 13.8 Å². The molecule has 0 saturated heterocycles. The number of hydrogen-bond acceptors (Lipinski definition) is 4. The molecule has 0 aliphatic heterocycles. The Morgan fingerprint density at radius 2 is 1.90 bits per heavy atom. The second kappa shape index (κ2) is 5.31. The van der Waals surface area contributed by atoms with Crippen molar-refractivity contribution in [1.29, 1.82) is 0 Å². The standard InChI is InChI=1S/C14H16F3N3O/c1-7-4-11(9(3)21-7)8(2)19-13-6-10(14(15,16)17)5-12(18)20-13/h4-6,8H,1-3H3,(H3,18,19,20). The van der Waals surface area contributed by atoms with E-state index in [9.17, 15) is 13.2 Å². The summed E-state index contributed by atoms with van der Waals surface area (Å²) in [7, 11) is 0. The van der Waals surface area contributed by atoms with Crippen LogP contribution in [0.2, 0.25) is 0 Å². The van der Waals surface area contributed by atoms with E-state index in [1.54, 1.807) is 6.92 Å². The first-order valence-electron chi connectivity index (χ1n) is 6.35. The fourth-order valence-electron chi connectivity index (χ4n) is 2.17. The minimum absolute atomic E-state index is 0.0769. The number of nitrogen functional groups attached to an aromatic ring is 1. The number of furan rings is 1. The number of anilines is 2. The molecule has 114 valence electrons. The molecule has 0 radical (unpaired) electrons. The van der Waals surface area contributed by atoms with Crippen LogP contribution in [0.1, 0.15) is 35.6 Å². The third-order valence-corrected chi connectivity index (χ3v) is 3.08. The molecule has 0 spiro atoms. The third-order valence-electron chi connectivity index (χ3n) is 3.08. The number of nitrogens with two attached hydrogens (primary N) is 1. The predicted octanol–water partition coefficient (Wildman–Crippen LogP) is 4.07. The van der Waals surface area contributed by atoms with Crippen LogP contribution in [0.5, 0.6) is 0 Å². The van der Waals surface area contributed by atoms with Crippen molar-refractivity contribution in [1.82, 2.24) is 4.98 Å². The number of hydrogen-bond donors (Lipinski definition) is 2. The molecule has 2 aromatic rings. The third kappa shape index (κ3) is 3.48. The molecule has 0 bridgehead atoms. The summed E-state index contributed by atoms with van der Waals surface area (Å²) in [5.41, 5.74) is 5.47. The van der Waals surface area contributed by atoms with Gasteiger partial charge in [0.2, 0.25) is 0 Å². The summed E-state index contributed by atoms with van der Waals surface area (Å²) in [5, 5.41) is 2.91. The lowest BCUT2D eigenvalue weighted by Crippen LogP contribution is -2.12.